The lowest BCUT2D eigenvalue weighted by molar-refractivity contribution is -0.116. The van der Waals surface area contributed by atoms with Crippen LogP contribution in [-0.2, 0) is 11.3 Å². The Morgan fingerprint density at radius 3 is 2.52 bits per heavy atom. The van der Waals surface area contributed by atoms with Gasteiger partial charge in [-0.2, -0.15) is 0 Å². The number of carbonyl (C=O) groups excluding carboxylic acids is 1. The second kappa shape index (κ2) is 7.45. The highest BCUT2D eigenvalue weighted by Gasteiger charge is 2.20. The summed E-state index contributed by atoms with van der Waals surface area (Å²) in [6.07, 6.45) is 0. The van der Waals surface area contributed by atoms with E-state index in [1.807, 2.05) is 6.92 Å². The molecule has 0 spiro atoms. The Morgan fingerprint density at radius 1 is 1.14 bits per heavy atom. The molecule has 0 radical (unpaired) electrons. The van der Waals surface area contributed by atoms with Crippen LogP contribution in [0.4, 0.5) is 9.52 Å². The Hall–Kier alpha value is -2.98. The monoisotopic (exact) mass is 429 g/mol. The van der Waals surface area contributed by atoms with Crippen LogP contribution in [0.15, 0.2) is 29.1 Å². The number of hydrogen-bond acceptors (Lipinski definition) is 7. The van der Waals surface area contributed by atoms with Gasteiger partial charge in [-0.15, -0.1) is 21.5 Å². The van der Waals surface area contributed by atoms with E-state index in [-0.39, 0.29) is 23.8 Å². The zero-order valence-electron chi connectivity index (χ0n) is 15.8. The molecule has 0 aliphatic heterocycles. The van der Waals surface area contributed by atoms with Gasteiger partial charge in [-0.05, 0) is 38.5 Å². The predicted octanol–water partition coefficient (Wildman–Crippen LogP) is 3.68. The number of nitrogens with one attached hydrogen (secondary N) is 1. The van der Waals surface area contributed by atoms with Crippen molar-refractivity contribution in [3.8, 4) is 11.1 Å². The maximum absolute atomic E-state index is 13.3. The van der Waals surface area contributed by atoms with Gasteiger partial charge in [-0.1, -0.05) is 23.5 Å². The van der Waals surface area contributed by atoms with Crippen LogP contribution in [0.5, 0.6) is 0 Å². The van der Waals surface area contributed by atoms with E-state index >= 15 is 0 Å². The van der Waals surface area contributed by atoms with Crippen LogP contribution in [0.1, 0.15) is 15.7 Å². The predicted molar refractivity (Wildman–Crippen MR) is 112 cm³/mol. The van der Waals surface area contributed by atoms with Crippen LogP contribution in [0.2, 0.25) is 0 Å². The fraction of sp³-hybridized carbons (Fsp3) is 0.211. The highest BCUT2D eigenvalue weighted by Crippen LogP contribution is 2.35. The first kappa shape index (κ1) is 19.3. The van der Waals surface area contributed by atoms with Gasteiger partial charge in [0.2, 0.25) is 11.0 Å². The minimum atomic E-state index is -0.386. The Kier molecular flexibility index (Phi) is 4.97. The summed E-state index contributed by atoms with van der Waals surface area (Å²) in [5.74, 6) is -0.290. The number of benzene rings is 1. The van der Waals surface area contributed by atoms with Crippen molar-refractivity contribution in [3.63, 3.8) is 0 Å². The van der Waals surface area contributed by atoms with Crippen molar-refractivity contribution in [3.05, 3.63) is 56.1 Å². The summed E-state index contributed by atoms with van der Waals surface area (Å²) in [6, 6.07) is 5.99. The Balaban J connectivity index is 1.77. The smallest absolute Gasteiger partial charge is 0.263 e. The second-order valence-electron chi connectivity index (χ2n) is 6.45. The number of aryl methyl sites for hydroxylation is 3. The van der Waals surface area contributed by atoms with E-state index in [0.29, 0.717) is 21.2 Å². The van der Waals surface area contributed by atoms with Crippen LogP contribution < -0.4 is 10.9 Å². The standard InChI is InChI=1S/C19H16FN5O2S2/c1-9-15(12-4-6-13(20)7-5-12)16-17(28-9)21-10(2)25(18(16)27)8-14(26)22-19-24-23-11(3)29-19/h4-7H,8H2,1-3H3,(H,22,24,26). The molecule has 0 atom stereocenters. The van der Waals surface area contributed by atoms with Gasteiger partial charge in [-0.3, -0.25) is 19.5 Å². The summed E-state index contributed by atoms with van der Waals surface area (Å²) in [7, 11) is 0. The number of aromatic nitrogens is 4. The maximum atomic E-state index is 13.3. The van der Waals surface area contributed by atoms with E-state index in [4.69, 9.17) is 0 Å². The van der Waals surface area contributed by atoms with Crippen molar-refractivity contribution >= 4 is 43.9 Å². The van der Waals surface area contributed by atoms with Gasteiger partial charge in [0, 0.05) is 10.4 Å². The van der Waals surface area contributed by atoms with E-state index in [9.17, 15) is 14.0 Å². The lowest BCUT2D eigenvalue weighted by Gasteiger charge is -2.10. The molecule has 1 aromatic carbocycles. The summed E-state index contributed by atoms with van der Waals surface area (Å²) < 4.78 is 14.7. The number of hydrogen-bond donors (Lipinski definition) is 1. The summed E-state index contributed by atoms with van der Waals surface area (Å²) in [5.41, 5.74) is 1.15. The van der Waals surface area contributed by atoms with E-state index in [1.54, 1.807) is 26.0 Å². The van der Waals surface area contributed by atoms with Crippen LogP contribution >= 0.6 is 22.7 Å². The van der Waals surface area contributed by atoms with Gasteiger partial charge < -0.3 is 0 Å². The minimum Gasteiger partial charge on any atom is -0.299 e. The number of halogens is 1. The molecule has 0 saturated heterocycles. The van der Waals surface area contributed by atoms with Crippen molar-refractivity contribution in [2.24, 2.45) is 0 Å². The molecule has 0 saturated carbocycles. The minimum absolute atomic E-state index is 0.190. The number of thiophene rings is 1. The molecule has 0 unspecified atom stereocenters. The van der Waals surface area contributed by atoms with Crippen LogP contribution in [0.3, 0.4) is 0 Å². The van der Waals surface area contributed by atoms with E-state index < -0.39 is 0 Å². The molecule has 1 N–H and O–H groups in total. The van der Waals surface area contributed by atoms with E-state index in [2.05, 4.69) is 20.5 Å². The third kappa shape index (κ3) is 3.68. The fourth-order valence-electron chi connectivity index (χ4n) is 3.10. The molecule has 10 heteroatoms. The molecule has 1 amide bonds. The second-order valence-corrected chi connectivity index (χ2v) is 8.83. The van der Waals surface area contributed by atoms with Crippen molar-refractivity contribution in [1.82, 2.24) is 19.7 Å². The molecular formula is C19H16FN5O2S2. The van der Waals surface area contributed by atoms with E-state index in [0.717, 1.165) is 21.0 Å². The number of carbonyl (C=O) groups is 1. The third-order valence-electron chi connectivity index (χ3n) is 4.39. The molecular weight excluding hydrogens is 413 g/mol. The number of fused-ring (bicyclic) bond motifs is 1. The molecule has 0 aliphatic carbocycles. The molecule has 148 valence electrons. The van der Waals surface area contributed by atoms with Gasteiger partial charge in [0.1, 0.15) is 28.0 Å². The Labute approximate surface area is 172 Å². The van der Waals surface area contributed by atoms with Crippen LogP contribution in [0, 0.1) is 26.6 Å². The molecule has 29 heavy (non-hydrogen) atoms. The molecule has 4 aromatic rings. The van der Waals surface area contributed by atoms with Crippen molar-refractivity contribution in [2.75, 3.05) is 5.32 Å². The zero-order valence-corrected chi connectivity index (χ0v) is 17.4. The number of rotatable bonds is 4. The maximum Gasteiger partial charge on any atom is 0.263 e. The molecule has 0 fully saturated rings. The summed E-state index contributed by atoms with van der Waals surface area (Å²) in [4.78, 5) is 31.7. The number of amides is 1. The van der Waals surface area contributed by atoms with Crippen molar-refractivity contribution in [2.45, 2.75) is 27.3 Å². The molecule has 0 aliphatic rings. The lowest BCUT2D eigenvalue weighted by Crippen LogP contribution is -2.30. The van der Waals surface area contributed by atoms with Gasteiger partial charge in [0.25, 0.3) is 5.56 Å². The van der Waals surface area contributed by atoms with Gasteiger partial charge in [0.15, 0.2) is 0 Å². The van der Waals surface area contributed by atoms with Gasteiger partial charge in [0.05, 0.1) is 5.39 Å². The molecule has 3 aromatic heterocycles. The van der Waals surface area contributed by atoms with Crippen LogP contribution in [0.25, 0.3) is 21.3 Å². The number of anilines is 1. The molecule has 4 rings (SSSR count). The first-order valence-corrected chi connectivity index (χ1v) is 10.3. The van der Waals surface area contributed by atoms with Gasteiger partial charge >= 0.3 is 0 Å². The highest BCUT2D eigenvalue weighted by molar-refractivity contribution is 7.19. The summed E-state index contributed by atoms with van der Waals surface area (Å²) in [5, 5.41) is 11.9. The Bertz CT molecular complexity index is 1290. The topological polar surface area (TPSA) is 89.8 Å². The average molecular weight is 430 g/mol. The van der Waals surface area contributed by atoms with Crippen molar-refractivity contribution < 1.29 is 9.18 Å². The lowest BCUT2D eigenvalue weighted by atomic mass is 10.0. The normalized spacial score (nSPS) is 11.2. The van der Waals surface area contributed by atoms with Crippen LogP contribution in [-0.4, -0.2) is 25.7 Å². The summed E-state index contributed by atoms with van der Waals surface area (Å²) >= 11 is 2.66. The Morgan fingerprint density at radius 2 is 1.86 bits per heavy atom. The number of nitrogens with zero attached hydrogens (tertiary/aromatic N) is 4. The molecule has 3 heterocycles. The van der Waals surface area contributed by atoms with E-state index in [1.165, 1.54) is 39.4 Å². The first-order chi connectivity index (χ1) is 13.8. The van der Waals surface area contributed by atoms with Crippen molar-refractivity contribution in [1.29, 1.82) is 0 Å². The summed E-state index contributed by atoms with van der Waals surface area (Å²) in [6.45, 7) is 5.18. The SMILES string of the molecule is Cc1nnc(NC(=O)Cn2c(C)nc3sc(C)c(-c4ccc(F)cc4)c3c2=O)s1. The zero-order chi connectivity index (χ0) is 20.7. The highest BCUT2D eigenvalue weighted by atomic mass is 32.1. The van der Waals surface area contributed by atoms with Gasteiger partial charge in [-0.25, -0.2) is 9.37 Å². The fourth-order valence-corrected chi connectivity index (χ4v) is 4.79. The first-order valence-electron chi connectivity index (χ1n) is 8.70. The molecule has 0 bridgehead atoms. The largest absolute Gasteiger partial charge is 0.299 e. The third-order valence-corrected chi connectivity index (χ3v) is 6.14. The average Bonchev–Trinajstić information content (AvgIpc) is 3.21. The molecule has 7 nitrogen and oxygen atoms in total. The quantitative estimate of drug-likeness (QED) is 0.535.